The fourth-order valence-electron chi connectivity index (χ4n) is 3.77. The van der Waals surface area contributed by atoms with Crippen molar-refractivity contribution < 1.29 is 4.79 Å². The third kappa shape index (κ3) is 3.49. The van der Waals surface area contributed by atoms with Gasteiger partial charge in [0, 0.05) is 24.1 Å². The van der Waals surface area contributed by atoms with Crippen molar-refractivity contribution in [2.24, 2.45) is 5.10 Å². The zero-order chi connectivity index (χ0) is 19.7. The number of rotatable bonds is 7. The molecule has 7 nitrogen and oxygen atoms in total. The molecule has 0 unspecified atom stereocenters. The number of carbonyl (C=O) groups is 1. The molecule has 2 aliphatic rings. The summed E-state index contributed by atoms with van der Waals surface area (Å²) in [6, 6.07) is 3.61. The maximum absolute atomic E-state index is 12.5. The van der Waals surface area contributed by atoms with Crippen molar-refractivity contribution in [1.82, 2.24) is 25.5 Å². The lowest BCUT2D eigenvalue weighted by Crippen LogP contribution is -2.22. The molecular formula is C21H26N6O. The Morgan fingerprint density at radius 2 is 2.07 bits per heavy atom. The second-order valence-electron chi connectivity index (χ2n) is 7.36. The van der Waals surface area contributed by atoms with Crippen LogP contribution >= 0.6 is 0 Å². The molecule has 0 bridgehead atoms. The van der Waals surface area contributed by atoms with Gasteiger partial charge < -0.3 is 4.98 Å². The minimum Gasteiger partial charge on any atom is -0.359 e. The number of carbonyl (C=O) groups excluding carboxylic acids is 1. The number of H-pyrrole nitrogens is 1. The molecular weight excluding hydrogens is 352 g/mol. The molecule has 0 saturated heterocycles. The lowest BCUT2D eigenvalue weighted by molar-refractivity contribution is -0.116. The third-order valence-electron chi connectivity index (χ3n) is 5.52. The molecule has 4 rings (SSSR count). The first-order valence-corrected chi connectivity index (χ1v) is 9.94. The van der Waals surface area contributed by atoms with Crippen molar-refractivity contribution in [2.75, 3.05) is 13.1 Å². The number of hydrogen-bond donors (Lipinski definition) is 2. The van der Waals surface area contributed by atoms with Crippen LogP contribution in [0.5, 0.6) is 0 Å². The molecule has 7 heteroatoms. The van der Waals surface area contributed by atoms with Crippen molar-refractivity contribution in [3.05, 3.63) is 52.1 Å². The molecule has 1 fully saturated rings. The average Bonchev–Trinajstić information content (AvgIpc) is 3.42. The van der Waals surface area contributed by atoms with Gasteiger partial charge >= 0.3 is 0 Å². The Labute approximate surface area is 164 Å². The molecule has 28 heavy (non-hydrogen) atoms. The molecule has 146 valence electrons. The lowest BCUT2D eigenvalue weighted by atomic mass is 10.00. The van der Waals surface area contributed by atoms with Gasteiger partial charge in [-0.05, 0) is 68.1 Å². The molecule has 0 radical (unpaired) electrons. The van der Waals surface area contributed by atoms with Crippen LogP contribution in [0, 0.1) is 6.92 Å². The Bertz CT molecular complexity index is 935. The summed E-state index contributed by atoms with van der Waals surface area (Å²) in [6.07, 6.45) is 5.95. The first-order valence-electron chi connectivity index (χ1n) is 9.94. The van der Waals surface area contributed by atoms with E-state index in [-0.39, 0.29) is 5.91 Å². The minimum absolute atomic E-state index is 0.208. The van der Waals surface area contributed by atoms with E-state index < -0.39 is 0 Å². The second kappa shape index (κ2) is 7.67. The Morgan fingerprint density at radius 1 is 1.29 bits per heavy atom. The molecule has 1 saturated carbocycles. The van der Waals surface area contributed by atoms with E-state index in [1.165, 1.54) is 29.7 Å². The fourth-order valence-corrected chi connectivity index (χ4v) is 3.77. The summed E-state index contributed by atoms with van der Waals surface area (Å²) in [7, 11) is 0. The molecule has 2 aromatic heterocycles. The Hall–Kier alpha value is -2.80. The molecule has 2 aromatic rings. The largest absolute Gasteiger partial charge is 0.359 e. The smallest absolute Gasteiger partial charge is 0.273 e. The van der Waals surface area contributed by atoms with Crippen LogP contribution in [-0.2, 0) is 11.3 Å². The molecule has 0 atom stereocenters. The normalized spacial score (nSPS) is 18.1. The Balaban J connectivity index is 1.75. The van der Waals surface area contributed by atoms with E-state index in [2.05, 4.69) is 51.4 Å². The highest BCUT2D eigenvalue weighted by Crippen LogP contribution is 2.45. The molecule has 1 aliphatic carbocycles. The fraction of sp³-hybridized carbons (Fsp3) is 0.429. The van der Waals surface area contributed by atoms with E-state index in [1.807, 2.05) is 12.1 Å². The summed E-state index contributed by atoms with van der Waals surface area (Å²) >= 11 is 0. The number of nitrogens with one attached hydrogen (secondary N) is 2. The van der Waals surface area contributed by atoms with E-state index in [1.54, 1.807) is 12.3 Å². The summed E-state index contributed by atoms with van der Waals surface area (Å²) in [5.41, 5.74) is 9.14. The number of hydrazone groups is 1. The first-order chi connectivity index (χ1) is 13.6. The second-order valence-corrected chi connectivity index (χ2v) is 7.36. The molecule has 1 aliphatic heterocycles. The summed E-state index contributed by atoms with van der Waals surface area (Å²) < 4.78 is 0. The zero-order valence-electron chi connectivity index (χ0n) is 16.6. The number of hydrogen-bond acceptors (Lipinski definition) is 5. The van der Waals surface area contributed by atoms with Crippen LogP contribution in [-0.4, -0.2) is 44.8 Å². The molecule has 0 aromatic carbocycles. The highest BCUT2D eigenvalue weighted by atomic mass is 16.2. The lowest BCUT2D eigenvalue weighted by Gasteiger charge is -2.19. The van der Waals surface area contributed by atoms with Crippen molar-refractivity contribution >= 4 is 17.7 Å². The van der Waals surface area contributed by atoms with Gasteiger partial charge in [0.15, 0.2) is 0 Å². The van der Waals surface area contributed by atoms with Gasteiger partial charge in [-0.3, -0.25) is 9.69 Å². The summed E-state index contributed by atoms with van der Waals surface area (Å²) in [5.74, 6) is 0.365. The van der Waals surface area contributed by atoms with Crippen LogP contribution in [0.4, 0.5) is 0 Å². The van der Waals surface area contributed by atoms with Crippen LogP contribution in [0.1, 0.15) is 60.8 Å². The maximum atomic E-state index is 12.5. The summed E-state index contributed by atoms with van der Waals surface area (Å²) in [6.45, 7) is 9.48. The predicted octanol–water partition coefficient (Wildman–Crippen LogP) is 2.75. The minimum atomic E-state index is -0.208. The van der Waals surface area contributed by atoms with E-state index in [0.29, 0.717) is 22.9 Å². The number of aromatic nitrogens is 3. The Kier molecular flexibility index (Phi) is 5.09. The number of aryl methyl sites for hydroxylation is 1. The van der Waals surface area contributed by atoms with Crippen LogP contribution in [0.3, 0.4) is 0 Å². The van der Waals surface area contributed by atoms with Gasteiger partial charge in [-0.2, -0.15) is 10.2 Å². The number of aromatic amines is 1. The van der Waals surface area contributed by atoms with Crippen molar-refractivity contribution in [2.45, 2.75) is 46.1 Å². The van der Waals surface area contributed by atoms with Crippen LogP contribution < -0.4 is 5.43 Å². The van der Waals surface area contributed by atoms with Crippen molar-refractivity contribution in [1.29, 1.82) is 0 Å². The molecule has 2 N–H and O–H groups in total. The Morgan fingerprint density at radius 3 is 2.71 bits per heavy atom. The third-order valence-corrected chi connectivity index (χ3v) is 5.52. The first kappa shape index (κ1) is 18.6. The van der Waals surface area contributed by atoms with Gasteiger partial charge in [-0.15, -0.1) is 5.10 Å². The van der Waals surface area contributed by atoms with E-state index in [9.17, 15) is 4.79 Å². The van der Waals surface area contributed by atoms with E-state index in [4.69, 9.17) is 0 Å². The molecule has 0 spiro atoms. The van der Waals surface area contributed by atoms with Gasteiger partial charge in [-0.1, -0.05) is 13.8 Å². The monoisotopic (exact) mass is 378 g/mol. The van der Waals surface area contributed by atoms with Crippen LogP contribution in [0.15, 0.2) is 29.0 Å². The van der Waals surface area contributed by atoms with Gasteiger partial charge in [0.25, 0.3) is 5.91 Å². The van der Waals surface area contributed by atoms with Gasteiger partial charge in [-0.25, -0.2) is 5.43 Å². The van der Waals surface area contributed by atoms with Crippen LogP contribution in [0.2, 0.25) is 0 Å². The zero-order valence-corrected chi connectivity index (χ0v) is 16.6. The summed E-state index contributed by atoms with van der Waals surface area (Å²) in [4.78, 5) is 18.4. The van der Waals surface area contributed by atoms with E-state index >= 15 is 0 Å². The highest BCUT2D eigenvalue weighted by molar-refractivity contribution is 6.32. The van der Waals surface area contributed by atoms with Gasteiger partial charge in [0.2, 0.25) is 0 Å². The quantitative estimate of drug-likeness (QED) is 0.726. The molecule has 1 amide bonds. The SMILES string of the molecule is CCN(CC)Cc1c(C)[nH]c(/C=C2/C(=O)NN=C2c2cccnn2)c1C1CC1. The van der Waals surface area contributed by atoms with Gasteiger partial charge in [0.05, 0.1) is 5.57 Å². The maximum Gasteiger partial charge on any atom is 0.273 e. The standard InChI is InChI=1S/C21H26N6O/c1-4-27(5-2)12-16-13(3)23-18(19(16)14-8-9-14)11-15-20(25-26-21(15)28)17-7-6-10-22-24-17/h6-7,10-11,14,23H,4-5,8-9,12H2,1-3H3,(H,26,28)/b15-11+. The van der Waals surface area contributed by atoms with E-state index in [0.717, 1.165) is 25.3 Å². The number of nitrogens with zero attached hydrogens (tertiary/aromatic N) is 4. The predicted molar refractivity (Wildman–Crippen MR) is 109 cm³/mol. The summed E-state index contributed by atoms with van der Waals surface area (Å²) in [5, 5.41) is 12.2. The average molecular weight is 378 g/mol. The highest BCUT2D eigenvalue weighted by Gasteiger charge is 2.32. The number of amides is 1. The topological polar surface area (TPSA) is 86.3 Å². The van der Waals surface area contributed by atoms with Crippen molar-refractivity contribution in [3.63, 3.8) is 0 Å². The van der Waals surface area contributed by atoms with Crippen molar-refractivity contribution in [3.8, 4) is 0 Å². The molecule has 3 heterocycles. The van der Waals surface area contributed by atoms with Crippen LogP contribution in [0.25, 0.3) is 6.08 Å². The van der Waals surface area contributed by atoms with Gasteiger partial charge in [0.1, 0.15) is 11.4 Å².